The van der Waals surface area contributed by atoms with Crippen LogP contribution in [0.5, 0.6) is 0 Å². The molecule has 0 N–H and O–H groups in total. The predicted octanol–water partition coefficient (Wildman–Crippen LogP) is 3.32. The molecule has 0 saturated heterocycles. The molecule has 16 heavy (non-hydrogen) atoms. The van der Waals surface area contributed by atoms with E-state index in [2.05, 4.69) is 19.1 Å². The molecule has 0 aromatic heterocycles. The summed E-state index contributed by atoms with van der Waals surface area (Å²) < 4.78 is 5.27. The highest BCUT2D eigenvalue weighted by atomic mass is 16.5. The minimum atomic E-state index is 0.0289. The Hall–Kier alpha value is -0.790. The van der Waals surface area contributed by atoms with Crippen LogP contribution in [0.15, 0.2) is 12.2 Å². The first-order valence-corrected chi connectivity index (χ1v) is 6.53. The van der Waals surface area contributed by atoms with Crippen LogP contribution in [0, 0.1) is 17.3 Å². The van der Waals surface area contributed by atoms with E-state index in [0.717, 1.165) is 6.42 Å². The molecule has 0 radical (unpaired) electrons. The highest BCUT2D eigenvalue weighted by Gasteiger charge is 2.48. The van der Waals surface area contributed by atoms with Gasteiger partial charge in [0.15, 0.2) is 0 Å². The van der Waals surface area contributed by atoms with Gasteiger partial charge in [0.05, 0.1) is 12.5 Å². The Labute approximate surface area is 98.1 Å². The van der Waals surface area contributed by atoms with Crippen LogP contribution in [0.2, 0.25) is 0 Å². The van der Waals surface area contributed by atoms with E-state index in [-0.39, 0.29) is 17.3 Å². The lowest BCUT2D eigenvalue weighted by molar-refractivity contribution is -0.155. The van der Waals surface area contributed by atoms with Crippen LogP contribution in [0.4, 0.5) is 0 Å². The largest absolute Gasteiger partial charge is 0.466 e. The van der Waals surface area contributed by atoms with Crippen molar-refractivity contribution in [3.63, 3.8) is 0 Å². The van der Waals surface area contributed by atoms with Gasteiger partial charge in [-0.15, -0.1) is 0 Å². The van der Waals surface area contributed by atoms with Crippen molar-refractivity contribution in [2.24, 2.45) is 17.3 Å². The standard InChI is InChI=1S/C14H22O2/c1-3-16-13(15)12-11(2)7-6-10-14(12)8-4-5-9-14/h6-7,11-12H,3-5,8-10H2,1-2H3/t11-,12+/m0/s1. The van der Waals surface area contributed by atoms with Gasteiger partial charge in [-0.25, -0.2) is 0 Å². The molecule has 0 aliphatic heterocycles. The SMILES string of the molecule is CCOC(=O)[C@H]1[C@@H](C)C=CCC12CCCC2. The number of esters is 1. The Morgan fingerprint density at radius 3 is 2.75 bits per heavy atom. The lowest BCUT2D eigenvalue weighted by atomic mass is 9.64. The fourth-order valence-electron chi connectivity index (χ4n) is 3.60. The van der Waals surface area contributed by atoms with Gasteiger partial charge in [0.25, 0.3) is 0 Å². The highest BCUT2D eigenvalue weighted by molar-refractivity contribution is 5.74. The fourth-order valence-corrected chi connectivity index (χ4v) is 3.60. The summed E-state index contributed by atoms with van der Waals surface area (Å²) in [4.78, 5) is 12.1. The van der Waals surface area contributed by atoms with Gasteiger partial charge in [0.1, 0.15) is 0 Å². The van der Waals surface area contributed by atoms with Crippen molar-refractivity contribution in [1.29, 1.82) is 0 Å². The van der Waals surface area contributed by atoms with Gasteiger partial charge in [0, 0.05) is 0 Å². The zero-order chi connectivity index (χ0) is 11.6. The van der Waals surface area contributed by atoms with Gasteiger partial charge < -0.3 is 4.74 Å². The first kappa shape index (κ1) is 11.7. The van der Waals surface area contributed by atoms with E-state index in [0.29, 0.717) is 12.5 Å². The maximum absolute atomic E-state index is 12.1. The third-order valence-corrected chi connectivity index (χ3v) is 4.29. The van der Waals surface area contributed by atoms with Gasteiger partial charge in [0.2, 0.25) is 0 Å². The average Bonchev–Trinajstić information content (AvgIpc) is 2.67. The summed E-state index contributed by atoms with van der Waals surface area (Å²) in [5.41, 5.74) is 0.223. The van der Waals surface area contributed by atoms with Crippen LogP contribution in [0.25, 0.3) is 0 Å². The molecular weight excluding hydrogens is 200 g/mol. The van der Waals surface area contributed by atoms with Crippen LogP contribution in [-0.4, -0.2) is 12.6 Å². The molecule has 0 aromatic carbocycles. The summed E-state index contributed by atoms with van der Waals surface area (Å²) in [5, 5.41) is 0. The molecule has 2 aliphatic carbocycles. The third-order valence-electron chi connectivity index (χ3n) is 4.29. The van der Waals surface area contributed by atoms with Gasteiger partial charge >= 0.3 is 5.97 Å². The molecule has 1 saturated carbocycles. The quantitative estimate of drug-likeness (QED) is 0.529. The molecule has 2 aliphatic rings. The zero-order valence-corrected chi connectivity index (χ0v) is 10.4. The Bertz CT molecular complexity index is 287. The number of allylic oxidation sites excluding steroid dienone is 2. The van der Waals surface area contributed by atoms with E-state index >= 15 is 0 Å². The number of ether oxygens (including phenoxy) is 1. The zero-order valence-electron chi connectivity index (χ0n) is 10.4. The Balaban J connectivity index is 2.22. The number of hydrogen-bond acceptors (Lipinski definition) is 2. The maximum Gasteiger partial charge on any atom is 0.310 e. The van der Waals surface area contributed by atoms with Gasteiger partial charge in [-0.2, -0.15) is 0 Å². The van der Waals surface area contributed by atoms with Gasteiger partial charge in [-0.1, -0.05) is 31.9 Å². The van der Waals surface area contributed by atoms with Gasteiger partial charge in [-0.3, -0.25) is 4.79 Å². The third kappa shape index (κ3) is 1.90. The van der Waals surface area contributed by atoms with Crippen molar-refractivity contribution in [2.75, 3.05) is 6.61 Å². The van der Waals surface area contributed by atoms with E-state index in [1.807, 2.05) is 6.92 Å². The van der Waals surface area contributed by atoms with Crippen LogP contribution in [-0.2, 0) is 9.53 Å². The minimum Gasteiger partial charge on any atom is -0.466 e. The van der Waals surface area contributed by atoms with E-state index < -0.39 is 0 Å². The maximum atomic E-state index is 12.1. The van der Waals surface area contributed by atoms with Crippen LogP contribution >= 0.6 is 0 Å². The lowest BCUT2D eigenvalue weighted by Gasteiger charge is -2.40. The summed E-state index contributed by atoms with van der Waals surface area (Å²) in [5.74, 6) is 0.465. The summed E-state index contributed by atoms with van der Waals surface area (Å²) in [6, 6.07) is 0. The van der Waals surface area contributed by atoms with Crippen molar-refractivity contribution < 1.29 is 9.53 Å². The van der Waals surface area contributed by atoms with E-state index in [1.54, 1.807) is 0 Å². The smallest absolute Gasteiger partial charge is 0.310 e. The first-order chi connectivity index (χ1) is 7.69. The minimum absolute atomic E-state index is 0.0289. The molecular formula is C14H22O2. The molecule has 90 valence electrons. The molecule has 0 aromatic rings. The average molecular weight is 222 g/mol. The summed E-state index contributed by atoms with van der Waals surface area (Å²) >= 11 is 0. The van der Waals surface area contributed by atoms with E-state index in [9.17, 15) is 4.79 Å². The Kier molecular flexibility index (Phi) is 3.36. The molecule has 0 unspecified atom stereocenters. The fraction of sp³-hybridized carbons (Fsp3) is 0.786. The molecule has 2 heteroatoms. The number of carbonyl (C=O) groups excluding carboxylic acids is 1. The van der Waals surface area contributed by atoms with Crippen molar-refractivity contribution in [1.82, 2.24) is 0 Å². The van der Waals surface area contributed by atoms with Crippen molar-refractivity contribution in [2.45, 2.75) is 46.0 Å². The molecule has 1 spiro atoms. The first-order valence-electron chi connectivity index (χ1n) is 6.53. The number of carbonyl (C=O) groups is 1. The molecule has 1 fully saturated rings. The van der Waals surface area contributed by atoms with Crippen LogP contribution in [0.1, 0.15) is 46.0 Å². The van der Waals surface area contributed by atoms with E-state index in [1.165, 1.54) is 25.7 Å². The van der Waals surface area contributed by atoms with Crippen molar-refractivity contribution in [3.8, 4) is 0 Å². The van der Waals surface area contributed by atoms with Crippen LogP contribution in [0.3, 0.4) is 0 Å². The second-order valence-electron chi connectivity index (χ2n) is 5.29. The molecule has 2 atom stereocenters. The normalized spacial score (nSPS) is 31.9. The van der Waals surface area contributed by atoms with Crippen molar-refractivity contribution in [3.05, 3.63) is 12.2 Å². The molecule has 0 heterocycles. The second-order valence-corrected chi connectivity index (χ2v) is 5.29. The predicted molar refractivity (Wildman–Crippen MR) is 63.9 cm³/mol. The summed E-state index contributed by atoms with van der Waals surface area (Å²) in [6.45, 7) is 4.54. The molecule has 0 bridgehead atoms. The molecule has 2 nitrogen and oxygen atoms in total. The lowest BCUT2D eigenvalue weighted by Crippen LogP contribution is -2.40. The topological polar surface area (TPSA) is 26.3 Å². The second kappa shape index (κ2) is 4.60. The summed E-state index contributed by atoms with van der Waals surface area (Å²) in [7, 11) is 0. The Morgan fingerprint density at radius 1 is 1.44 bits per heavy atom. The monoisotopic (exact) mass is 222 g/mol. The van der Waals surface area contributed by atoms with E-state index in [4.69, 9.17) is 4.74 Å². The summed E-state index contributed by atoms with van der Waals surface area (Å²) in [6.07, 6.45) is 10.5. The van der Waals surface area contributed by atoms with Crippen molar-refractivity contribution >= 4 is 5.97 Å². The van der Waals surface area contributed by atoms with Gasteiger partial charge in [-0.05, 0) is 37.5 Å². The number of hydrogen-bond donors (Lipinski definition) is 0. The molecule has 2 rings (SSSR count). The Morgan fingerprint density at radius 2 is 2.12 bits per heavy atom. The molecule has 0 amide bonds. The highest BCUT2D eigenvalue weighted by Crippen LogP contribution is 2.52. The van der Waals surface area contributed by atoms with Crippen LogP contribution < -0.4 is 0 Å². The number of rotatable bonds is 2.